The molecule has 1 unspecified atom stereocenters. The topological polar surface area (TPSA) is 85.2 Å². The van der Waals surface area contributed by atoms with Crippen molar-refractivity contribution in [2.24, 2.45) is 7.05 Å². The number of carbonyl (C=O) groups excluding carboxylic acids is 1. The van der Waals surface area contributed by atoms with Crippen molar-refractivity contribution in [3.63, 3.8) is 0 Å². The summed E-state index contributed by atoms with van der Waals surface area (Å²) < 4.78 is 7.16. The minimum absolute atomic E-state index is 0.0175. The molecule has 2 aromatic rings. The number of imidazole rings is 1. The third kappa shape index (κ3) is 4.12. The number of nitrogens with one attached hydrogen (secondary N) is 1. The molecule has 1 aliphatic rings. The first-order valence-electron chi connectivity index (χ1n) is 8.32. The summed E-state index contributed by atoms with van der Waals surface area (Å²) in [6.07, 6.45) is 3.11. The first kappa shape index (κ1) is 17.7. The summed E-state index contributed by atoms with van der Waals surface area (Å²) in [5.74, 6) is 0.700. The number of rotatable bonds is 2. The van der Waals surface area contributed by atoms with Crippen LogP contribution in [0.2, 0.25) is 5.28 Å². The second kappa shape index (κ2) is 6.67. The number of amides is 1. The minimum Gasteiger partial charge on any atom is -0.444 e. The monoisotopic (exact) mass is 366 g/mol. The Balaban J connectivity index is 1.77. The summed E-state index contributed by atoms with van der Waals surface area (Å²) in [5.41, 5.74) is 0.890. The fourth-order valence-corrected chi connectivity index (χ4v) is 3.11. The Labute approximate surface area is 151 Å². The molecular formula is C16H23ClN6O2. The van der Waals surface area contributed by atoms with Gasteiger partial charge in [-0.05, 0) is 45.2 Å². The maximum atomic E-state index is 12.0. The van der Waals surface area contributed by atoms with E-state index in [1.165, 1.54) is 0 Å². The number of aryl methyl sites for hydroxylation is 1. The van der Waals surface area contributed by atoms with Crippen molar-refractivity contribution in [2.75, 3.05) is 18.0 Å². The number of hydrogen-bond donors (Lipinski definition) is 1. The minimum atomic E-state index is -0.515. The van der Waals surface area contributed by atoms with Gasteiger partial charge >= 0.3 is 6.09 Å². The van der Waals surface area contributed by atoms with Gasteiger partial charge in [0, 0.05) is 26.2 Å². The second-order valence-electron chi connectivity index (χ2n) is 7.28. The Morgan fingerprint density at radius 1 is 1.40 bits per heavy atom. The molecule has 0 aromatic carbocycles. The molecule has 3 rings (SSSR count). The standard InChI is InChI=1S/C16H23ClN6O2/c1-16(2,3)25-15(24)19-10-6-5-7-23(8-10)13-11-12(20-14(17)21-13)22(4)9-18-11/h9-10H,5-8H2,1-4H3,(H,19,24). The van der Waals surface area contributed by atoms with E-state index in [2.05, 4.69) is 25.2 Å². The van der Waals surface area contributed by atoms with Gasteiger partial charge < -0.3 is 19.5 Å². The third-order valence-electron chi connectivity index (χ3n) is 3.96. The summed E-state index contributed by atoms with van der Waals surface area (Å²) in [6.45, 7) is 6.99. The van der Waals surface area contributed by atoms with Gasteiger partial charge in [0.2, 0.25) is 5.28 Å². The zero-order chi connectivity index (χ0) is 18.2. The Bertz CT molecular complexity index is 785. The van der Waals surface area contributed by atoms with Crippen molar-refractivity contribution in [3.05, 3.63) is 11.6 Å². The number of piperidine rings is 1. The maximum absolute atomic E-state index is 12.0. The van der Waals surface area contributed by atoms with E-state index in [0.29, 0.717) is 23.5 Å². The van der Waals surface area contributed by atoms with Crippen LogP contribution in [0.4, 0.5) is 10.6 Å². The lowest BCUT2D eigenvalue weighted by atomic mass is 10.1. The van der Waals surface area contributed by atoms with Crippen molar-refractivity contribution < 1.29 is 9.53 Å². The molecule has 136 valence electrons. The molecule has 0 saturated carbocycles. The highest BCUT2D eigenvalue weighted by Gasteiger charge is 2.27. The van der Waals surface area contributed by atoms with Gasteiger partial charge in [0.1, 0.15) is 5.60 Å². The smallest absolute Gasteiger partial charge is 0.407 e. The third-order valence-corrected chi connectivity index (χ3v) is 4.12. The highest BCUT2D eigenvalue weighted by molar-refractivity contribution is 6.28. The largest absolute Gasteiger partial charge is 0.444 e. The fourth-order valence-electron chi connectivity index (χ4n) is 2.95. The molecule has 0 bridgehead atoms. The zero-order valence-electron chi connectivity index (χ0n) is 14.9. The fraction of sp³-hybridized carbons (Fsp3) is 0.625. The molecule has 25 heavy (non-hydrogen) atoms. The average molecular weight is 367 g/mol. The van der Waals surface area contributed by atoms with Gasteiger partial charge in [0.25, 0.3) is 0 Å². The summed E-state index contributed by atoms with van der Waals surface area (Å²) in [4.78, 5) is 27.1. The molecule has 0 spiro atoms. The molecule has 0 radical (unpaired) electrons. The SMILES string of the molecule is Cn1cnc2c(N3CCCC(NC(=O)OC(C)(C)C)C3)nc(Cl)nc21. The van der Waals surface area contributed by atoms with Crippen LogP contribution >= 0.6 is 11.6 Å². The Morgan fingerprint density at radius 3 is 2.88 bits per heavy atom. The van der Waals surface area contributed by atoms with E-state index in [0.717, 1.165) is 19.4 Å². The summed E-state index contributed by atoms with van der Waals surface area (Å²) in [5, 5.41) is 3.13. The van der Waals surface area contributed by atoms with Gasteiger partial charge in [-0.15, -0.1) is 0 Å². The zero-order valence-corrected chi connectivity index (χ0v) is 15.7. The van der Waals surface area contributed by atoms with Crippen LogP contribution in [0.15, 0.2) is 6.33 Å². The van der Waals surface area contributed by atoms with Gasteiger partial charge in [0.15, 0.2) is 17.0 Å². The molecule has 9 heteroatoms. The lowest BCUT2D eigenvalue weighted by Gasteiger charge is -2.34. The number of ether oxygens (including phenoxy) is 1. The number of hydrogen-bond acceptors (Lipinski definition) is 6. The van der Waals surface area contributed by atoms with Crippen molar-refractivity contribution >= 4 is 34.7 Å². The maximum Gasteiger partial charge on any atom is 0.407 e. The average Bonchev–Trinajstić information content (AvgIpc) is 2.86. The first-order valence-corrected chi connectivity index (χ1v) is 8.70. The molecule has 3 heterocycles. The Hall–Kier alpha value is -2.09. The van der Waals surface area contributed by atoms with E-state index in [-0.39, 0.29) is 11.3 Å². The molecule has 1 amide bonds. The van der Waals surface area contributed by atoms with Crippen LogP contribution in [0.25, 0.3) is 11.2 Å². The van der Waals surface area contributed by atoms with Crippen LogP contribution in [-0.2, 0) is 11.8 Å². The number of alkyl carbamates (subject to hydrolysis) is 1. The predicted octanol–water partition coefficient (Wildman–Crippen LogP) is 2.51. The highest BCUT2D eigenvalue weighted by atomic mass is 35.5. The molecule has 1 saturated heterocycles. The summed E-state index contributed by atoms with van der Waals surface area (Å²) in [7, 11) is 1.87. The van der Waals surface area contributed by atoms with Crippen LogP contribution in [-0.4, -0.2) is 50.3 Å². The van der Waals surface area contributed by atoms with E-state index >= 15 is 0 Å². The van der Waals surface area contributed by atoms with E-state index < -0.39 is 11.7 Å². The predicted molar refractivity (Wildman–Crippen MR) is 95.9 cm³/mol. The lowest BCUT2D eigenvalue weighted by Crippen LogP contribution is -2.49. The van der Waals surface area contributed by atoms with Crippen molar-refractivity contribution in [2.45, 2.75) is 45.3 Å². The number of carbonyl (C=O) groups is 1. The van der Waals surface area contributed by atoms with E-state index in [1.54, 1.807) is 6.33 Å². The first-order chi connectivity index (χ1) is 11.7. The van der Waals surface area contributed by atoms with Crippen LogP contribution < -0.4 is 10.2 Å². The molecular weight excluding hydrogens is 344 g/mol. The molecule has 1 N–H and O–H groups in total. The highest BCUT2D eigenvalue weighted by Crippen LogP contribution is 2.26. The van der Waals surface area contributed by atoms with Gasteiger partial charge in [-0.3, -0.25) is 0 Å². The van der Waals surface area contributed by atoms with Crippen molar-refractivity contribution in [3.8, 4) is 0 Å². The number of halogens is 1. The van der Waals surface area contributed by atoms with Crippen LogP contribution in [0.3, 0.4) is 0 Å². The molecule has 1 fully saturated rings. The van der Waals surface area contributed by atoms with E-state index in [1.807, 2.05) is 32.4 Å². The van der Waals surface area contributed by atoms with E-state index in [9.17, 15) is 4.79 Å². The summed E-state index contributed by atoms with van der Waals surface area (Å²) in [6, 6.07) is -0.0175. The Kier molecular flexibility index (Phi) is 4.73. The van der Waals surface area contributed by atoms with Crippen molar-refractivity contribution in [1.82, 2.24) is 24.8 Å². The van der Waals surface area contributed by atoms with Gasteiger partial charge in [-0.2, -0.15) is 9.97 Å². The lowest BCUT2D eigenvalue weighted by molar-refractivity contribution is 0.0500. The molecule has 1 aliphatic heterocycles. The molecule has 8 nitrogen and oxygen atoms in total. The number of anilines is 1. The quantitative estimate of drug-likeness (QED) is 0.822. The Morgan fingerprint density at radius 2 is 2.16 bits per heavy atom. The van der Waals surface area contributed by atoms with Crippen molar-refractivity contribution in [1.29, 1.82) is 0 Å². The van der Waals surface area contributed by atoms with Crippen LogP contribution in [0.1, 0.15) is 33.6 Å². The molecule has 1 atom stereocenters. The number of aromatic nitrogens is 4. The van der Waals surface area contributed by atoms with Gasteiger partial charge in [-0.25, -0.2) is 9.78 Å². The molecule has 0 aliphatic carbocycles. The molecule has 2 aromatic heterocycles. The number of fused-ring (bicyclic) bond motifs is 1. The van der Waals surface area contributed by atoms with E-state index in [4.69, 9.17) is 16.3 Å². The normalized spacial score (nSPS) is 18.4. The second-order valence-corrected chi connectivity index (χ2v) is 7.61. The van der Waals surface area contributed by atoms with Crippen LogP contribution in [0, 0.1) is 0 Å². The van der Waals surface area contributed by atoms with Crippen LogP contribution in [0.5, 0.6) is 0 Å². The van der Waals surface area contributed by atoms with Gasteiger partial charge in [-0.1, -0.05) is 0 Å². The summed E-state index contributed by atoms with van der Waals surface area (Å²) >= 11 is 6.09. The van der Waals surface area contributed by atoms with Gasteiger partial charge in [0.05, 0.1) is 6.33 Å². The number of nitrogens with zero attached hydrogens (tertiary/aromatic N) is 5.